The summed E-state index contributed by atoms with van der Waals surface area (Å²) in [5.74, 6) is 0. The summed E-state index contributed by atoms with van der Waals surface area (Å²) in [4.78, 5) is 4.78. The number of nitrogens with zero attached hydrogens (tertiary/aromatic N) is 2. The summed E-state index contributed by atoms with van der Waals surface area (Å²) in [5.41, 5.74) is 23.8. The van der Waals surface area contributed by atoms with Gasteiger partial charge < -0.3 is 18.6 Å². The maximum absolute atomic E-state index is 7.13. The normalized spacial score (nSPS) is 14.0. The second kappa shape index (κ2) is 18.3. The standard InChI is InChI=1S/C77H58N2O2/c1-7-23-48(24-8-2)53-31-18-33-58-60-36-22-40-70(75(60)81-72(53)58)79(51-29-16-11-17-30-51)68-44-43-56-63-47-66-62(46-67(63)76(3,4)64-38-20-37-61(68)71(56)64)55-42-41-52(45-65(55)77(66,5)6)78(50-27-14-10-15-28-50)69-39-21-35-59-57-34-19-32-54(73(57)80-74(59)69)49-25-12-9-13-26-49/h7-47H,1H2,2-6H3/b24-8-,48-23+. The molecule has 4 heteroatoms. The van der Waals surface area contributed by atoms with E-state index in [1.807, 2.05) is 19.1 Å². The Balaban J connectivity index is 0.875. The molecule has 15 rings (SSSR count). The van der Waals surface area contributed by atoms with E-state index < -0.39 is 0 Å². The van der Waals surface area contributed by atoms with Crippen LogP contribution in [0.3, 0.4) is 0 Å². The van der Waals surface area contributed by atoms with Crippen LogP contribution in [-0.4, -0.2) is 0 Å². The van der Waals surface area contributed by atoms with Gasteiger partial charge >= 0.3 is 0 Å². The Labute approximate surface area is 472 Å². The number of fused-ring (bicyclic) bond motifs is 11. The molecule has 4 nitrogen and oxygen atoms in total. The van der Waals surface area contributed by atoms with E-state index in [4.69, 9.17) is 8.83 Å². The minimum atomic E-state index is -0.325. The van der Waals surface area contributed by atoms with Crippen molar-refractivity contribution in [2.45, 2.75) is 45.4 Å². The lowest BCUT2D eigenvalue weighted by Crippen LogP contribution is -2.25. The van der Waals surface area contributed by atoms with Gasteiger partial charge in [-0.25, -0.2) is 0 Å². The Morgan fingerprint density at radius 3 is 1.58 bits per heavy atom. The van der Waals surface area contributed by atoms with Crippen LogP contribution in [0, 0.1) is 0 Å². The molecule has 2 heterocycles. The summed E-state index contributed by atoms with van der Waals surface area (Å²) in [5, 5.41) is 6.81. The van der Waals surface area contributed by atoms with Gasteiger partial charge in [-0.05, 0) is 135 Å². The highest BCUT2D eigenvalue weighted by Gasteiger charge is 2.41. The molecule has 0 amide bonds. The van der Waals surface area contributed by atoms with Crippen molar-refractivity contribution in [2.24, 2.45) is 0 Å². The third-order valence-corrected chi connectivity index (χ3v) is 17.5. The van der Waals surface area contributed by atoms with E-state index in [0.717, 1.165) is 100 Å². The highest BCUT2D eigenvalue weighted by Crippen LogP contribution is 2.58. The molecule has 13 aromatic rings. The van der Waals surface area contributed by atoms with E-state index >= 15 is 0 Å². The maximum Gasteiger partial charge on any atom is 0.159 e. The minimum absolute atomic E-state index is 0.321. The molecule has 2 aliphatic carbocycles. The van der Waals surface area contributed by atoms with Crippen LogP contribution in [0.4, 0.5) is 34.1 Å². The van der Waals surface area contributed by atoms with Crippen molar-refractivity contribution in [2.75, 3.05) is 9.80 Å². The third kappa shape index (κ3) is 7.23. The molecular weight excluding hydrogens is 985 g/mol. The van der Waals surface area contributed by atoms with Crippen LogP contribution in [0.15, 0.2) is 264 Å². The molecule has 0 unspecified atom stereocenters. The molecule has 0 spiro atoms. The number of hydrogen-bond acceptors (Lipinski definition) is 4. The lowest BCUT2D eigenvalue weighted by atomic mass is 9.67. The van der Waals surface area contributed by atoms with Crippen LogP contribution in [0.5, 0.6) is 0 Å². The van der Waals surface area contributed by atoms with Gasteiger partial charge in [0.25, 0.3) is 0 Å². The van der Waals surface area contributed by atoms with E-state index in [-0.39, 0.29) is 10.8 Å². The van der Waals surface area contributed by atoms with Gasteiger partial charge in [0.2, 0.25) is 0 Å². The average molecular weight is 1040 g/mol. The van der Waals surface area contributed by atoms with Gasteiger partial charge in [0, 0.05) is 66.0 Å². The Kier molecular flexibility index (Phi) is 10.9. The Morgan fingerprint density at radius 2 is 0.914 bits per heavy atom. The quantitative estimate of drug-likeness (QED) is 0.128. The van der Waals surface area contributed by atoms with Gasteiger partial charge in [-0.1, -0.05) is 216 Å². The van der Waals surface area contributed by atoms with Crippen molar-refractivity contribution in [3.8, 4) is 33.4 Å². The minimum Gasteiger partial charge on any atom is -0.453 e. The fourth-order valence-corrected chi connectivity index (χ4v) is 13.7. The first-order valence-corrected chi connectivity index (χ1v) is 28.1. The fourth-order valence-electron chi connectivity index (χ4n) is 13.7. The number of benzene rings is 11. The number of rotatable bonds is 10. The number of hydrogen-bond donors (Lipinski definition) is 0. The first kappa shape index (κ1) is 48.2. The molecule has 0 bridgehead atoms. The van der Waals surface area contributed by atoms with E-state index in [2.05, 4.69) is 281 Å². The molecular formula is C77H58N2O2. The second-order valence-corrected chi connectivity index (χ2v) is 22.7. The van der Waals surface area contributed by atoms with Crippen LogP contribution in [0.1, 0.15) is 62.4 Å². The third-order valence-electron chi connectivity index (χ3n) is 17.5. The Bertz CT molecular complexity index is 4780. The van der Waals surface area contributed by atoms with E-state index in [1.54, 1.807) is 0 Å². The number of anilines is 6. The van der Waals surface area contributed by atoms with Crippen LogP contribution in [0.2, 0.25) is 0 Å². The predicted octanol–water partition coefficient (Wildman–Crippen LogP) is 22.0. The fraction of sp³-hybridized carbons (Fsp3) is 0.0909. The zero-order chi connectivity index (χ0) is 54.7. The van der Waals surface area contributed by atoms with Crippen molar-refractivity contribution >= 4 is 94.3 Å². The van der Waals surface area contributed by atoms with Crippen molar-refractivity contribution in [3.05, 3.63) is 283 Å². The van der Waals surface area contributed by atoms with Crippen LogP contribution < -0.4 is 9.80 Å². The molecule has 0 radical (unpaired) electrons. The number of allylic oxidation sites excluding steroid dienone is 5. The Hall–Kier alpha value is -9.90. The zero-order valence-electron chi connectivity index (χ0n) is 46.1. The lowest BCUT2D eigenvalue weighted by molar-refractivity contribution is 0.639. The summed E-state index contributed by atoms with van der Waals surface area (Å²) in [6.07, 6.45) is 8.07. The monoisotopic (exact) mass is 1040 g/mol. The number of para-hydroxylation sites is 6. The van der Waals surface area contributed by atoms with Gasteiger partial charge in [-0.2, -0.15) is 0 Å². The molecule has 11 aromatic carbocycles. The lowest BCUT2D eigenvalue weighted by Gasteiger charge is -2.37. The van der Waals surface area contributed by atoms with Crippen molar-refractivity contribution in [3.63, 3.8) is 0 Å². The van der Waals surface area contributed by atoms with Crippen molar-refractivity contribution in [1.82, 2.24) is 0 Å². The highest BCUT2D eigenvalue weighted by molar-refractivity contribution is 6.17. The van der Waals surface area contributed by atoms with Crippen LogP contribution in [0.25, 0.3) is 93.6 Å². The van der Waals surface area contributed by atoms with E-state index in [0.29, 0.717) is 0 Å². The molecule has 0 atom stereocenters. The largest absolute Gasteiger partial charge is 0.453 e. The first-order valence-electron chi connectivity index (χ1n) is 28.1. The molecule has 2 aromatic heterocycles. The smallest absolute Gasteiger partial charge is 0.159 e. The van der Waals surface area contributed by atoms with E-state index in [9.17, 15) is 0 Å². The summed E-state index contributed by atoms with van der Waals surface area (Å²) in [6.45, 7) is 15.7. The van der Waals surface area contributed by atoms with E-state index in [1.165, 1.54) is 55.3 Å². The van der Waals surface area contributed by atoms with Gasteiger partial charge in [0.05, 0.1) is 17.1 Å². The number of furan rings is 2. The molecule has 0 N–H and O–H groups in total. The zero-order valence-corrected chi connectivity index (χ0v) is 46.1. The first-order chi connectivity index (χ1) is 39.6. The molecule has 81 heavy (non-hydrogen) atoms. The highest BCUT2D eigenvalue weighted by atomic mass is 16.3. The van der Waals surface area contributed by atoms with Crippen LogP contribution >= 0.6 is 0 Å². The molecule has 2 aliphatic rings. The molecule has 0 aliphatic heterocycles. The SMILES string of the molecule is C=C/C=C(\C=C/C)c1cccc2c1oc1c(N(c3ccccc3)c3ccc4c5c(cccc35)C(C)(C)c3cc5c(cc3-4)C(C)(C)c3cc(N(c4ccccc4)c4cccc6c4oc4c(-c7ccccc7)cccc46)ccc3-5)cccc12. The summed E-state index contributed by atoms with van der Waals surface area (Å²) in [7, 11) is 0. The molecule has 0 fully saturated rings. The van der Waals surface area contributed by atoms with Gasteiger partial charge in [-0.15, -0.1) is 0 Å². The van der Waals surface area contributed by atoms with Crippen molar-refractivity contribution in [1.29, 1.82) is 0 Å². The van der Waals surface area contributed by atoms with Gasteiger partial charge in [0.15, 0.2) is 11.2 Å². The topological polar surface area (TPSA) is 32.8 Å². The predicted molar refractivity (Wildman–Crippen MR) is 341 cm³/mol. The summed E-state index contributed by atoms with van der Waals surface area (Å²) >= 11 is 0. The van der Waals surface area contributed by atoms with Crippen LogP contribution in [-0.2, 0) is 10.8 Å². The average Bonchev–Trinajstić information content (AvgIpc) is 4.38. The van der Waals surface area contributed by atoms with Crippen molar-refractivity contribution < 1.29 is 8.83 Å². The van der Waals surface area contributed by atoms with Gasteiger partial charge in [-0.3, -0.25) is 0 Å². The summed E-state index contributed by atoms with van der Waals surface area (Å²) < 4.78 is 14.2. The Morgan fingerprint density at radius 1 is 0.395 bits per heavy atom. The molecule has 388 valence electrons. The van der Waals surface area contributed by atoms with Gasteiger partial charge in [0.1, 0.15) is 11.2 Å². The molecule has 0 saturated carbocycles. The summed E-state index contributed by atoms with van der Waals surface area (Å²) in [6, 6.07) is 81.8. The molecule has 0 saturated heterocycles. The maximum atomic E-state index is 7.13. The second-order valence-electron chi connectivity index (χ2n) is 22.7.